The minimum atomic E-state index is -0.255. The second kappa shape index (κ2) is 6.35. The van der Waals surface area contributed by atoms with E-state index in [0.717, 1.165) is 29.2 Å². The highest BCUT2D eigenvalue weighted by Crippen LogP contribution is 2.32. The molecule has 1 aliphatic heterocycles. The van der Waals surface area contributed by atoms with Crippen molar-refractivity contribution in [3.05, 3.63) is 52.3 Å². The molecule has 5 heteroatoms. The molecule has 0 spiro atoms. The zero-order chi connectivity index (χ0) is 14.7. The number of rotatable bonds is 3. The molecule has 1 N–H and O–H groups in total. The predicted octanol–water partition coefficient (Wildman–Crippen LogP) is 4.36. The van der Waals surface area contributed by atoms with Crippen molar-refractivity contribution in [3.8, 4) is 11.5 Å². The quantitative estimate of drug-likeness (QED) is 0.890. The van der Waals surface area contributed by atoms with Gasteiger partial charge in [-0.05, 0) is 45.8 Å². The molecule has 2 aromatic rings. The topological polar surface area (TPSA) is 30.5 Å². The van der Waals surface area contributed by atoms with E-state index >= 15 is 0 Å². The molecule has 0 aromatic heterocycles. The van der Waals surface area contributed by atoms with Crippen LogP contribution >= 0.6 is 15.9 Å². The zero-order valence-corrected chi connectivity index (χ0v) is 13.0. The molecule has 0 amide bonds. The van der Waals surface area contributed by atoms with Gasteiger partial charge in [0.1, 0.15) is 5.82 Å². The highest BCUT2D eigenvalue weighted by atomic mass is 79.9. The summed E-state index contributed by atoms with van der Waals surface area (Å²) in [5, 5.41) is 3.30. The van der Waals surface area contributed by atoms with Crippen LogP contribution in [0.15, 0.2) is 40.9 Å². The molecule has 0 saturated heterocycles. The standard InChI is InChI=1S/C16H15BrFNO2/c17-13-8-11(2-4-14(13)18)10-19-12-3-5-15-16(9-12)21-7-1-6-20-15/h2-5,8-9,19H,1,6-7,10H2. The van der Waals surface area contributed by atoms with Crippen LogP contribution in [-0.4, -0.2) is 13.2 Å². The van der Waals surface area contributed by atoms with Crippen LogP contribution in [0, 0.1) is 5.82 Å². The third-order valence-corrected chi connectivity index (χ3v) is 3.84. The average molecular weight is 352 g/mol. The Morgan fingerprint density at radius 2 is 1.86 bits per heavy atom. The van der Waals surface area contributed by atoms with Crippen molar-refractivity contribution >= 4 is 21.6 Å². The van der Waals surface area contributed by atoms with Crippen LogP contribution < -0.4 is 14.8 Å². The molecule has 0 saturated carbocycles. The van der Waals surface area contributed by atoms with Crippen LogP contribution in [-0.2, 0) is 6.54 Å². The van der Waals surface area contributed by atoms with E-state index in [2.05, 4.69) is 21.2 Å². The van der Waals surface area contributed by atoms with E-state index < -0.39 is 0 Å². The molecule has 2 aromatic carbocycles. The lowest BCUT2D eigenvalue weighted by Crippen LogP contribution is -2.00. The summed E-state index contributed by atoms with van der Waals surface area (Å²) in [6.07, 6.45) is 0.890. The number of hydrogen-bond acceptors (Lipinski definition) is 3. The molecule has 3 nitrogen and oxygen atoms in total. The fraction of sp³-hybridized carbons (Fsp3) is 0.250. The van der Waals surface area contributed by atoms with Crippen LogP contribution in [0.4, 0.5) is 10.1 Å². The molecule has 0 radical (unpaired) electrons. The van der Waals surface area contributed by atoms with Gasteiger partial charge in [-0.1, -0.05) is 6.07 Å². The third-order valence-electron chi connectivity index (χ3n) is 3.23. The molecule has 0 aliphatic carbocycles. The van der Waals surface area contributed by atoms with Gasteiger partial charge < -0.3 is 14.8 Å². The number of ether oxygens (including phenoxy) is 2. The number of anilines is 1. The van der Waals surface area contributed by atoms with Crippen LogP contribution in [0.2, 0.25) is 0 Å². The highest BCUT2D eigenvalue weighted by molar-refractivity contribution is 9.10. The lowest BCUT2D eigenvalue weighted by atomic mass is 10.2. The summed E-state index contributed by atoms with van der Waals surface area (Å²) >= 11 is 3.19. The van der Waals surface area contributed by atoms with Crippen LogP contribution in [0.3, 0.4) is 0 Å². The van der Waals surface area contributed by atoms with Gasteiger partial charge in [-0.25, -0.2) is 4.39 Å². The Hall–Kier alpha value is -1.75. The predicted molar refractivity (Wildman–Crippen MR) is 83.5 cm³/mol. The van der Waals surface area contributed by atoms with Crippen molar-refractivity contribution in [2.75, 3.05) is 18.5 Å². The summed E-state index contributed by atoms with van der Waals surface area (Å²) in [6, 6.07) is 10.8. The first-order valence-electron chi connectivity index (χ1n) is 6.80. The first-order chi connectivity index (χ1) is 10.2. The van der Waals surface area contributed by atoms with Gasteiger partial charge in [-0.2, -0.15) is 0 Å². The van der Waals surface area contributed by atoms with Gasteiger partial charge in [0, 0.05) is 24.7 Å². The largest absolute Gasteiger partial charge is 0.490 e. The third kappa shape index (κ3) is 3.47. The van der Waals surface area contributed by atoms with Gasteiger partial charge >= 0.3 is 0 Å². The molecule has 1 aliphatic rings. The van der Waals surface area contributed by atoms with Gasteiger partial charge in [0.2, 0.25) is 0 Å². The zero-order valence-electron chi connectivity index (χ0n) is 11.4. The van der Waals surface area contributed by atoms with Crippen LogP contribution in [0.25, 0.3) is 0 Å². The Kier molecular flexibility index (Phi) is 4.29. The van der Waals surface area contributed by atoms with Crippen molar-refractivity contribution in [1.82, 2.24) is 0 Å². The molecule has 0 fully saturated rings. The molecule has 3 rings (SSSR count). The summed E-state index contributed by atoms with van der Waals surface area (Å²) in [4.78, 5) is 0. The summed E-state index contributed by atoms with van der Waals surface area (Å²) in [7, 11) is 0. The minimum absolute atomic E-state index is 0.255. The lowest BCUT2D eigenvalue weighted by Gasteiger charge is -2.11. The number of benzene rings is 2. The normalized spacial score (nSPS) is 13.6. The van der Waals surface area contributed by atoms with Gasteiger partial charge in [0.05, 0.1) is 17.7 Å². The second-order valence-electron chi connectivity index (χ2n) is 4.81. The van der Waals surface area contributed by atoms with E-state index in [1.165, 1.54) is 6.07 Å². The van der Waals surface area contributed by atoms with Gasteiger partial charge in [-0.3, -0.25) is 0 Å². The Morgan fingerprint density at radius 3 is 2.67 bits per heavy atom. The first kappa shape index (κ1) is 14.2. The molecule has 0 bridgehead atoms. The highest BCUT2D eigenvalue weighted by Gasteiger charge is 2.10. The van der Waals surface area contributed by atoms with E-state index in [9.17, 15) is 4.39 Å². The minimum Gasteiger partial charge on any atom is -0.490 e. The Bertz CT molecular complexity index is 648. The van der Waals surface area contributed by atoms with Crippen LogP contribution in [0.1, 0.15) is 12.0 Å². The second-order valence-corrected chi connectivity index (χ2v) is 5.67. The summed E-state index contributed by atoms with van der Waals surface area (Å²) < 4.78 is 24.9. The Labute approximate surface area is 131 Å². The van der Waals surface area contributed by atoms with Crippen molar-refractivity contribution < 1.29 is 13.9 Å². The van der Waals surface area contributed by atoms with Gasteiger partial charge in [0.25, 0.3) is 0 Å². The van der Waals surface area contributed by atoms with Gasteiger partial charge in [0.15, 0.2) is 11.5 Å². The SMILES string of the molecule is Fc1ccc(CNc2ccc3c(c2)OCCCO3)cc1Br. The van der Waals surface area contributed by atoms with E-state index in [1.54, 1.807) is 12.1 Å². The lowest BCUT2D eigenvalue weighted by molar-refractivity contribution is 0.297. The fourth-order valence-electron chi connectivity index (χ4n) is 2.13. The first-order valence-corrected chi connectivity index (χ1v) is 7.59. The molecule has 1 heterocycles. The maximum atomic E-state index is 13.2. The number of hydrogen-bond donors (Lipinski definition) is 1. The maximum absolute atomic E-state index is 13.2. The molecule has 0 atom stereocenters. The Balaban J connectivity index is 1.70. The Morgan fingerprint density at radius 1 is 1.05 bits per heavy atom. The van der Waals surface area contributed by atoms with Crippen molar-refractivity contribution in [2.24, 2.45) is 0 Å². The van der Waals surface area contributed by atoms with Crippen molar-refractivity contribution in [1.29, 1.82) is 0 Å². The van der Waals surface area contributed by atoms with Crippen molar-refractivity contribution in [2.45, 2.75) is 13.0 Å². The smallest absolute Gasteiger partial charge is 0.163 e. The molecule has 0 unspecified atom stereocenters. The number of nitrogens with one attached hydrogen (secondary N) is 1. The van der Waals surface area contributed by atoms with E-state index in [0.29, 0.717) is 24.2 Å². The average Bonchev–Trinajstić information content (AvgIpc) is 2.73. The monoisotopic (exact) mass is 351 g/mol. The molecule has 110 valence electrons. The summed E-state index contributed by atoms with van der Waals surface area (Å²) in [5.74, 6) is 1.29. The number of halogens is 2. The molecule has 21 heavy (non-hydrogen) atoms. The van der Waals surface area contributed by atoms with Gasteiger partial charge in [-0.15, -0.1) is 0 Å². The molecular weight excluding hydrogens is 337 g/mol. The van der Waals surface area contributed by atoms with E-state index in [1.807, 2.05) is 18.2 Å². The fourth-order valence-corrected chi connectivity index (χ4v) is 2.55. The summed E-state index contributed by atoms with van der Waals surface area (Å²) in [6.45, 7) is 1.96. The summed E-state index contributed by atoms with van der Waals surface area (Å²) in [5.41, 5.74) is 1.94. The van der Waals surface area contributed by atoms with E-state index in [-0.39, 0.29) is 5.82 Å². The van der Waals surface area contributed by atoms with Crippen LogP contribution in [0.5, 0.6) is 11.5 Å². The number of fused-ring (bicyclic) bond motifs is 1. The maximum Gasteiger partial charge on any atom is 0.163 e. The molecular formula is C16H15BrFNO2. The van der Waals surface area contributed by atoms with E-state index in [4.69, 9.17) is 9.47 Å². The van der Waals surface area contributed by atoms with Crippen molar-refractivity contribution in [3.63, 3.8) is 0 Å².